The third kappa shape index (κ3) is 1.73. The molecule has 2 unspecified atom stereocenters. The van der Waals surface area contributed by atoms with Crippen LogP contribution in [0, 0.1) is 0 Å². The molecule has 48 valence electrons. The van der Waals surface area contributed by atoms with Crippen LogP contribution in [-0.4, -0.2) is 17.7 Å². The topological polar surface area (TPSA) is 35.2 Å². The molecule has 1 heterocycles. The number of alkyl halides is 1. The van der Waals surface area contributed by atoms with Crippen LogP contribution >= 0.6 is 15.9 Å². The van der Waals surface area contributed by atoms with Gasteiger partial charge in [-0.2, -0.15) is 0 Å². The zero-order chi connectivity index (χ0) is 5.98. The minimum absolute atomic E-state index is 0.200. The van der Waals surface area contributed by atoms with Crippen molar-refractivity contribution in [1.82, 2.24) is 0 Å². The Kier molecular flexibility index (Phi) is 2.28. The quantitative estimate of drug-likeness (QED) is 0.560. The molecular formula is C5H10BrNO. The van der Waals surface area contributed by atoms with Gasteiger partial charge in [0.2, 0.25) is 0 Å². The Hall–Kier alpha value is 0.400. The van der Waals surface area contributed by atoms with Crippen molar-refractivity contribution in [1.29, 1.82) is 0 Å². The first-order chi connectivity index (χ1) is 3.79. The Bertz CT molecular complexity index is 70.8. The fourth-order valence-electron chi connectivity index (χ4n) is 0.771. The fraction of sp³-hybridized carbons (Fsp3) is 1.00. The summed E-state index contributed by atoms with van der Waals surface area (Å²) in [5.74, 6) is 0. The number of ether oxygens (including phenoxy) is 1. The summed E-state index contributed by atoms with van der Waals surface area (Å²) >= 11 is 3.33. The lowest BCUT2D eigenvalue weighted by atomic mass is 10.1. The molecule has 0 radical (unpaired) electrons. The Morgan fingerprint density at radius 3 is 2.75 bits per heavy atom. The maximum atomic E-state index is 5.62. The molecule has 0 aromatic carbocycles. The van der Waals surface area contributed by atoms with Gasteiger partial charge in [-0.05, 0) is 12.8 Å². The molecule has 8 heavy (non-hydrogen) atoms. The lowest BCUT2D eigenvalue weighted by molar-refractivity contribution is 0.0675. The third-order valence-electron chi connectivity index (χ3n) is 1.28. The van der Waals surface area contributed by atoms with E-state index in [4.69, 9.17) is 10.5 Å². The van der Waals surface area contributed by atoms with Crippen molar-refractivity contribution >= 4 is 15.9 Å². The monoisotopic (exact) mass is 179 g/mol. The molecule has 0 aromatic heterocycles. The van der Waals surface area contributed by atoms with Crippen molar-refractivity contribution in [3.05, 3.63) is 0 Å². The van der Waals surface area contributed by atoms with Crippen LogP contribution < -0.4 is 5.73 Å². The van der Waals surface area contributed by atoms with Gasteiger partial charge in [0.25, 0.3) is 0 Å². The van der Waals surface area contributed by atoms with Gasteiger partial charge in [0.15, 0.2) is 0 Å². The normalized spacial score (nSPS) is 39.8. The lowest BCUT2D eigenvalue weighted by Gasteiger charge is -2.22. The van der Waals surface area contributed by atoms with Crippen molar-refractivity contribution < 1.29 is 4.74 Å². The van der Waals surface area contributed by atoms with E-state index in [0.29, 0.717) is 6.04 Å². The van der Waals surface area contributed by atoms with E-state index >= 15 is 0 Å². The van der Waals surface area contributed by atoms with Crippen LogP contribution in [0.5, 0.6) is 0 Å². The minimum Gasteiger partial charge on any atom is -0.367 e. The molecule has 2 N–H and O–H groups in total. The van der Waals surface area contributed by atoms with E-state index in [0.717, 1.165) is 19.4 Å². The van der Waals surface area contributed by atoms with Crippen molar-refractivity contribution in [3.63, 3.8) is 0 Å². The van der Waals surface area contributed by atoms with E-state index in [1.54, 1.807) is 0 Å². The summed E-state index contributed by atoms with van der Waals surface area (Å²) in [6.07, 6.45) is 1.95. The van der Waals surface area contributed by atoms with E-state index in [2.05, 4.69) is 15.9 Å². The molecule has 0 saturated carbocycles. The molecule has 0 spiro atoms. The van der Waals surface area contributed by atoms with Crippen LogP contribution in [0.15, 0.2) is 0 Å². The van der Waals surface area contributed by atoms with E-state index in [1.807, 2.05) is 0 Å². The molecule has 0 aromatic rings. The highest BCUT2D eigenvalue weighted by Crippen LogP contribution is 2.16. The number of hydrogen-bond acceptors (Lipinski definition) is 2. The Labute approximate surface area is 57.5 Å². The van der Waals surface area contributed by atoms with E-state index < -0.39 is 0 Å². The second-order valence-electron chi connectivity index (χ2n) is 2.07. The van der Waals surface area contributed by atoms with Gasteiger partial charge < -0.3 is 10.5 Å². The summed E-state index contributed by atoms with van der Waals surface area (Å²) in [6, 6.07) is 0.341. The standard InChI is InChI=1S/C5H10BrNO/c6-5-3-4(7)1-2-8-5/h4-5H,1-3,7H2. The Morgan fingerprint density at radius 2 is 2.38 bits per heavy atom. The molecule has 1 rings (SSSR count). The van der Waals surface area contributed by atoms with Gasteiger partial charge >= 0.3 is 0 Å². The van der Waals surface area contributed by atoms with E-state index in [1.165, 1.54) is 0 Å². The summed E-state index contributed by atoms with van der Waals surface area (Å²) in [7, 11) is 0. The first kappa shape index (κ1) is 6.52. The smallest absolute Gasteiger partial charge is 0.114 e. The molecule has 0 bridgehead atoms. The summed E-state index contributed by atoms with van der Waals surface area (Å²) in [5.41, 5.74) is 5.62. The van der Waals surface area contributed by atoms with Crippen LogP contribution in [0.2, 0.25) is 0 Å². The van der Waals surface area contributed by atoms with Gasteiger partial charge in [0.05, 0.1) is 0 Å². The van der Waals surface area contributed by atoms with E-state index in [9.17, 15) is 0 Å². The van der Waals surface area contributed by atoms with E-state index in [-0.39, 0.29) is 5.01 Å². The number of nitrogens with two attached hydrogens (primary N) is 1. The van der Waals surface area contributed by atoms with Gasteiger partial charge in [-0.15, -0.1) is 0 Å². The molecule has 2 atom stereocenters. The zero-order valence-electron chi connectivity index (χ0n) is 4.64. The molecule has 3 heteroatoms. The van der Waals surface area contributed by atoms with Crippen LogP contribution in [0.3, 0.4) is 0 Å². The van der Waals surface area contributed by atoms with Gasteiger partial charge in [-0.1, -0.05) is 15.9 Å². The van der Waals surface area contributed by atoms with Gasteiger partial charge in [0, 0.05) is 12.6 Å². The van der Waals surface area contributed by atoms with Gasteiger partial charge in [-0.3, -0.25) is 0 Å². The summed E-state index contributed by atoms with van der Waals surface area (Å²) in [5, 5.41) is 0.200. The molecule has 1 saturated heterocycles. The summed E-state index contributed by atoms with van der Waals surface area (Å²) in [4.78, 5) is 0. The molecule has 1 aliphatic heterocycles. The van der Waals surface area contributed by atoms with Crippen LogP contribution in [-0.2, 0) is 4.74 Å². The highest BCUT2D eigenvalue weighted by molar-refractivity contribution is 9.09. The van der Waals surface area contributed by atoms with Crippen LogP contribution in [0.4, 0.5) is 0 Å². The third-order valence-corrected chi connectivity index (χ3v) is 1.91. The fourth-order valence-corrected chi connectivity index (χ4v) is 1.44. The average Bonchev–Trinajstić information content (AvgIpc) is 1.64. The van der Waals surface area contributed by atoms with Crippen LogP contribution in [0.1, 0.15) is 12.8 Å². The van der Waals surface area contributed by atoms with Crippen molar-refractivity contribution in [3.8, 4) is 0 Å². The molecule has 0 aliphatic carbocycles. The zero-order valence-corrected chi connectivity index (χ0v) is 6.23. The molecule has 1 fully saturated rings. The highest BCUT2D eigenvalue weighted by Gasteiger charge is 2.15. The maximum Gasteiger partial charge on any atom is 0.114 e. The molecule has 0 amide bonds. The first-order valence-corrected chi connectivity index (χ1v) is 3.72. The summed E-state index contributed by atoms with van der Waals surface area (Å²) < 4.78 is 5.18. The maximum absolute atomic E-state index is 5.62. The second kappa shape index (κ2) is 2.80. The van der Waals surface area contributed by atoms with Crippen LogP contribution in [0.25, 0.3) is 0 Å². The summed E-state index contributed by atoms with van der Waals surface area (Å²) in [6.45, 7) is 0.803. The van der Waals surface area contributed by atoms with Crippen molar-refractivity contribution in [2.24, 2.45) is 5.73 Å². The molecular weight excluding hydrogens is 170 g/mol. The predicted molar refractivity (Wildman–Crippen MR) is 35.9 cm³/mol. The molecule has 2 nitrogen and oxygen atoms in total. The van der Waals surface area contributed by atoms with Gasteiger partial charge in [-0.25, -0.2) is 0 Å². The number of rotatable bonds is 0. The van der Waals surface area contributed by atoms with Crippen molar-refractivity contribution in [2.75, 3.05) is 6.61 Å². The SMILES string of the molecule is NC1CCOC(Br)C1. The largest absolute Gasteiger partial charge is 0.367 e. The van der Waals surface area contributed by atoms with Gasteiger partial charge in [0.1, 0.15) is 5.01 Å². The highest BCUT2D eigenvalue weighted by atomic mass is 79.9. The second-order valence-corrected chi connectivity index (χ2v) is 3.09. The Morgan fingerprint density at radius 1 is 1.62 bits per heavy atom. The van der Waals surface area contributed by atoms with Crippen molar-refractivity contribution in [2.45, 2.75) is 23.9 Å². The number of halogens is 1. The minimum atomic E-state index is 0.200. The Balaban J connectivity index is 2.23. The number of hydrogen-bond donors (Lipinski definition) is 1. The molecule has 1 aliphatic rings. The predicted octanol–water partition coefficient (Wildman–Crippen LogP) is 0.845. The first-order valence-electron chi connectivity index (χ1n) is 2.80. The average molecular weight is 180 g/mol. The lowest BCUT2D eigenvalue weighted by Crippen LogP contribution is -2.31.